The molecule has 0 bridgehead atoms. The van der Waals surface area contributed by atoms with Crippen LogP contribution in [-0.2, 0) is 6.54 Å². The van der Waals surface area contributed by atoms with Crippen LogP contribution in [0.4, 0.5) is 0 Å². The number of nitrogens with one attached hydrogen (secondary N) is 1. The van der Waals surface area contributed by atoms with Crippen LogP contribution in [0.3, 0.4) is 0 Å². The molecule has 128 valence electrons. The smallest absolute Gasteiger partial charge is 0.195 e. The lowest BCUT2D eigenvalue weighted by Gasteiger charge is -2.33. The molecule has 0 aliphatic carbocycles. The van der Waals surface area contributed by atoms with Gasteiger partial charge in [0.15, 0.2) is 10.6 Å². The number of hydrogen-bond donors (Lipinski definition) is 1. The number of aromatic amines is 1. The van der Waals surface area contributed by atoms with E-state index in [2.05, 4.69) is 55.0 Å². The van der Waals surface area contributed by atoms with Gasteiger partial charge in [-0.3, -0.25) is 19.5 Å². The molecule has 1 aliphatic rings. The fourth-order valence-corrected chi connectivity index (χ4v) is 3.85. The molecule has 0 amide bonds. The Morgan fingerprint density at radius 1 is 1.16 bits per heavy atom. The van der Waals surface area contributed by atoms with Gasteiger partial charge in [-0.1, -0.05) is 30.3 Å². The number of likely N-dealkylation sites (tertiary alicyclic amines) is 1. The van der Waals surface area contributed by atoms with Crippen molar-refractivity contribution in [3.8, 4) is 11.4 Å². The second-order valence-electron chi connectivity index (χ2n) is 6.48. The van der Waals surface area contributed by atoms with Gasteiger partial charge in [0.25, 0.3) is 0 Å². The molecule has 0 radical (unpaired) electrons. The third kappa shape index (κ3) is 3.55. The van der Waals surface area contributed by atoms with E-state index < -0.39 is 0 Å². The minimum Gasteiger partial charge on any atom is -0.297 e. The minimum atomic E-state index is 0.332. The van der Waals surface area contributed by atoms with E-state index >= 15 is 0 Å². The molecular weight excluding hydrogens is 330 g/mol. The van der Waals surface area contributed by atoms with Gasteiger partial charge < -0.3 is 0 Å². The summed E-state index contributed by atoms with van der Waals surface area (Å²) in [6, 6.07) is 14.9. The van der Waals surface area contributed by atoms with Crippen LogP contribution in [0.1, 0.15) is 24.4 Å². The van der Waals surface area contributed by atoms with Gasteiger partial charge in [-0.25, -0.2) is 0 Å². The molecule has 1 N–H and O–H groups in total. The van der Waals surface area contributed by atoms with Crippen molar-refractivity contribution in [2.45, 2.75) is 25.4 Å². The molecule has 1 aliphatic heterocycles. The monoisotopic (exact) mass is 351 g/mol. The van der Waals surface area contributed by atoms with E-state index in [0.717, 1.165) is 43.9 Å². The van der Waals surface area contributed by atoms with Gasteiger partial charge in [-0.2, -0.15) is 5.10 Å². The molecule has 6 heteroatoms. The van der Waals surface area contributed by atoms with Gasteiger partial charge >= 0.3 is 0 Å². The second kappa shape index (κ2) is 7.29. The number of hydrogen-bond acceptors (Lipinski definition) is 4. The van der Waals surface area contributed by atoms with Gasteiger partial charge in [0.05, 0.1) is 6.04 Å². The number of aromatic nitrogens is 4. The van der Waals surface area contributed by atoms with Crippen molar-refractivity contribution in [1.82, 2.24) is 24.6 Å². The molecule has 1 aromatic carbocycles. The molecule has 25 heavy (non-hydrogen) atoms. The van der Waals surface area contributed by atoms with Gasteiger partial charge in [0.1, 0.15) is 0 Å². The molecule has 3 heterocycles. The lowest BCUT2D eigenvalue weighted by molar-refractivity contribution is 0.170. The molecule has 0 spiro atoms. The maximum Gasteiger partial charge on any atom is 0.195 e. The molecule has 1 atom stereocenters. The second-order valence-corrected chi connectivity index (χ2v) is 6.87. The van der Waals surface area contributed by atoms with Gasteiger partial charge in [-0.15, -0.1) is 0 Å². The highest BCUT2D eigenvalue weighted by atomic mass is 32.1. The van der Waals surface area contributed by atoms with Crippen molar-refractivity contribution in [1.29, 1.82) is 0 Å². The Balaban J connectivity index is 1.58. The highest BCUT2D eigenvalue weighted by Crippen LogP contribution is 2.27. The van der Waals surface area contributed by atoms with Crippen LogP contribution in [-0.4, -0.2) is 37.7 Å². The maximum absolute atomic E-state index is 5.53. The van der Waals surface area contributed by atoms with E-state index in [1.54, 1.807) is 6.20 Å². The third-order valence-corrected chi connectivity index (χ3v) is 5.01. The summed E-state index contributed by atoms with van der Waals surface area (Å²) < 4.78 is 2.86. The SMILES string of the molecule is S=c1[nH]nc(-c2cccnc2)n1C1CCCN(Cc2ccccc2)C1. The topological polar surface area (TPSA) is 49.7 Å². The van der Waals surface area contributed by atoms with E-state index in [-0.39, 0.29) is 0 Å². The van der Waals surface area contributed by atoms with Crippen LogP contribution < -0.4 is 0 Å². The van der Waals surface area contributed by atoms with Crippen molar-refractivity contribution in [2.75, 3.05) is 13.1 Å². The molecule has 2 aromatic heterocycles. The highest BCUT2D eigenvalue weighted by molar-refractivity contribution is 7.71. The Morgan fingerprint density at radius 2 is 2.04 bits per heavy atom. The lowest BCUT2D eigenvalue weighted by Crippen LogP contribution is -2.36. The van der Waals surface area contributed by atoms with Crippen LogP contribution in [0.2, 0.25) is 0 Å². The summed E-state index contributed by atoms with van der Waals surface area (Å²) in [6.07, 6.45) is 5.90. The average molecular weight is 351 g/mol. The first kappa shape index (κ1) is 16.2. The molecule has 0 saturated carbocycles. The van der Waals surface area contributed by atoms with Crippen LogP contribution >= 0.6 is 12.2 Å². The van der Waals surface area contributed by atoms with Crippen molar-refractivity contribution < 1.29 is 0 Å². The standard InChI is InChI=1S/C19H21N5S/c25-19-22-21-18(16-8-4-10-20-12-16)24(19)17-9-5-11-23(14-17)13-15-6-2-1-3-7-15/h1-4,6-8,10,12,17H,5,9,11,13-14H2,(H,22,25). The number of pyridine rings is 1. The Morgan fingerprint density at radius 3 is 2.84 bits per heavy atom. The summed E-state index contributed by atoms with van der Waals surface area (Å²) >= 11 is 5.53. The van der Waals surface area contributed by atoms with E-state index in [4.69, 9.17) is 12.2 Å². The predicted octanol–water partition coefficient (Wildman–Crippen LogP) is 3.84. The maximum atomic E-state index is 5.53. The molecule has 5 nitrogen and oxygen atoms in total. The highest BCUT2D eigenvalue weighted by Gasteiger charge is 2.24. The van der Waals surface area contributed by atoms with E-state index in [1.165, 1.54) is 5.56 Å². The molecule has 1 saturated heterocycles. The molecule has 4 rings (SSSR count). The van der Waals surface area contributed by atoms with Gasteiger partial charge in [0, 0.05) is 31.0 Å². The Hall–Kier alpha value is -2.31. The van der Waals surface area contributed by atoms with Gasteiger partial charge in [-0.05, 0) is 49.3 Å². The largest absolute Gasteiger partial charge is 0.297 e. The number of H-pyrrole nitrogens is 1. The first-order valence-corrected chi connectivity index (χ1v) is 9.05. The van der Waals surface area contributed by atoms with Crippen LogP contribution in [0.15, 0.2) is 54.9 Å². The number of benzene rings is 1. The third-order valence-electron chi connectivity index (χ3n) is 4.72. The zero-order valence-corrected chi connectivity index (χ0v) is 14.8. The van der Waals surface area contributed by atoms with Crippen LogP contribution in [0.5, 0.6) is 0 Å². The van der Waals surface area contributed by atoms with E-state index in [1.807, 2.05) is 18.3 Å². The molecule has 1 unspecified atom stereocenters. The summed E-state index contributed by atoms with van der Waals surface area (Å²) in [5.41, 5.74) is 2.35. The molecular formula is C19H21N5S. The lowest BCUT2D eigenvalue weighted by atomic mass is 10.0. The Labute approximate surface area is 152 Å². The fourth-order valence-electron chi connectivity index (χ4n) is 3.57. The molecule has 1 fully saturated rings. The summed E-state index contributed by atoms with van der Waals surface area (Å²) in [4.78, 5) is 6.72. The zero-order valence-electron chi connectivity index (χ0n) is 14.0. The van der Waals surface area contributed by atoms with Crippen LogP contribution in [0.25, 0.3) is 11.4 Å². The van der Waals surface area contributed by atoms with E-state index in [9.17, 15) is 0 Å². The average Bonchev–Trinajstić information content (AvgIpc) is 3.05. The number of nitrogens with zero attached hydrogens (tertiary/aromatic N) is 4. The summed E-state index contributed by atoms with van der Waals surface area (Å²) in [6.45, 7) is 3.08. The first-order valence-electron chi connectivity index (χ1n) is 8.65. The van der Waals surface area contributed by atoms with Crippen molar-refractivity contribution >= 4 is 12.2 Å². The van der Waals surface area contributed by atoms with Gasteiger partial charge in [0.2, 0.25) is 0 Å². The number of rotatable bonds is 4. The number of piperidine rings is 1. The Bertz CT molecular complexity index is 872. The minimum absolute atomic E-state index is 0.332. The Kier molecular flexibility index (Phi) is 4.72. The first-order chi connectivity index (χ1) is 12.3. The normalized spacial score (nSPS) is 18.3. The molecule has 3 aromatic rings. The quantitative estimate of drug-likeness (QED) is 0.726. The van der Waals surface area contributed by atoms with Crippen molar-refractivity contribution in [2.24, 2.45) is 0 Å². The summed E-state index contributed by atoms with van der Waals surface area (Å²) in [7, 11) is 0. The van der Waals surface area contributed by atoms with Crippen LogP contribution in [0, 0.1) is 4.77 Å². The van der Waals surface area contributed by atoms with Crippen molar-refractivity contribution in [3.05, 3.63) is 65.2 Å². The van der Waals surface area contributed by atoms with Crippen molar-refractivity contribution in [3.63, 3.8) is 0 Å². The zero-order chi connectivity index (χ0) is 17.1. The summed E-state index contributed by atoms with van der Waals surface area (Å²) in [5.74, 6) is 0.879. The fraction of sp³-hybridized carbons (Fsp3) is 0.316. The summed E-state index contributed by atoms with van der Waals surface area (Å²) in [5, 5.41) is 7.42. The predicted molar refractivity (Wildman–Crippen MR) is 101 cm³/mol. The van der Waals surface area contributed by atoms with E-state index in [0.29, 0.717) is 10.8 Å².